The summed E-state index contributed by atoms with van der Waals surface area (Å²) in [5.41, 5.74) is 1.04. The zero-order chi connectivity index (χ0) is 11.8. The predicted molar refractivity (Wildman–Crippen MR) is 61.3 cm³/mol. The first-order valence-electron chi connectivity index (χ1n) is 5.00. The Labute approximate surface area is 94.5 Å². The van der Waals surface area contributed by atoms with Gasteiger partial charge in [0, 0.05) is 0 Å². The van der Waals surface area contributed by atoms with E-state index in [2.05, 4.69) is 0 Å². The van der Waals surface area contributed by atoms with Crippen LogP contribution >= 0.6 is 0 Å². The minimum atomic E-state index is -4.40. The van der Waals surface area contributed by atoms with E-state index in [-0.39, 0.29) is 4.90 Å². The largest absolute Gasteiger partial charge is 0.744 e. The van der Waals surface area contributed by atoms with Gasteiger partial charge in [0.05, 0.1) is 4.90 Å². The first-order valence-corrected chi connectivity index (χ1v) is 6.41. The van der Waals surface area contributed by atoms with Crippen molar-refractivity contribution in [1.29, 1.82) is 0 Å². The number of aryl methyl sites for hydroxylation is 1. The van der Waals surface area contributed by atoms with Crippen molar-refractivity contribution < 1.29 is 13.0 Å². The lowest BCUT2D eigenvalue weighted by atomic mass is 10.0. The second kappa shape index (κ2) is 3.88. The fourth-order valence-corrected chi connectivity index (χ4v) is 2.54. The molecule has 0 aliphatic heterocycles. The van der Waals surface area contributed by atoms with E-state index in [0.717, 1.165) is 17.4 Å². The van der Waals surface area contributed by atoms with E-state index in [4.69, 9.17) is 0 Å². The van der Waals surface area contributed by atoms with Crippen molar-refractivity contribution in [1.82, 2.24) is 0 Å². The molecule has 0 aliphatic rings. The van der Waals surface area contributed by atoms with Gasteiger partial charge >= 0.3 is 0 Å². The Morgan fingerprint density at radius 3 is 2.25 bits per heavy atom. The minimum absolute atomic E-state index is 0.139. The van der Waals surface area contributed by atoms with E-state index >= 15 is 0 Å². The summed E-state index contributed by atoms with van der Waals surface area (Å²) in [6.45, 7) is 1.99. The Hall–Kier alpha value is -1.39. The molecule has 0 aliphatic carbocycles. The first-order chi connectivity index (χ1) is 7.54. The molecule has 0 aromatic heterocycles. The summed E-state index contributed by atoms with van der Waals surface area (Å²) in [6.07, 6.45) is 0.805. The Morgan fingerprint density at radius 2 is 1.69 bits per heavy atom. The molecule has 0 heterocycles. The highest BCUT2D eigenvalue weighted by Crippen LogP contribution is 2.26. The molecule has 2 aromatic rings. The second-order valence-electron chi connectivity index (χ2n) is 3.58. The molecule has 2 aromatic carbocycles. The highest BCUT2D eigenvalue weighted by Gasteiger charge is 2.08. The molecular formula is C12H11O3S-. The third-order valence-electron chi connectivity index (χ3n) is 2.62. The lowest BCUT2D eigenvalue weighted by Gasteiger charge is -2.12. The zero-order valence-corrected chi connectivity index (χ0v) is 9.62. The Balaban J connectivity index is 2.91. The molecule has 4 heteroatoms. The Kier molecular flexibility index (Phi) is 2.69. The first kappa shape index (κ1) is 11.1. The van der Waals surface area contributed by atoms with Crippen LogP contribution < -0.4 is 0 Å². The zero-order valence-electron chi connectivity index (χ0n) is 8.80. The monoisotopic (exact) mass is 235 g/mol. The lowest BCUT2D eigenvalue weighted by Crippen LogP contribution is -2.00. The SMILES string of the molecule is CCc1ccc(S(=O)(=O)[O-])c2ccccc12. The van der Waals surface area contributed by atoms with Gasteiger partial charge in [-0.05, 0) is 28.8 Å². The number of rotatable bonds is 2. The van der Waals surface area contributed by atoms with E-state index in [1.807, 2.05) is 19.1 Å². The van der Waals surface area contributed by atoms with E-state index in [0.29, 0.717) is 5.39 Å². The smallest absolute Gasteiger partial charge is 0.125 e. The summed E-state index contributed by atoms with van der Waals surface area (Å²) < 4.78 is 33.3. The highest BCUT2D eigenvalue weighted by molar-refractivity contribution is 7.86. The molecule has 2 rings (SSSR count). The van der Waals surface area contributed by atoms with Crippen molar-refractivity contribution in [2.45, 2.75) is 18.2 Å². The van der Waals surface area contributed by atoms with Crippen LogP contribution in [0.3, 0.4) is 0 Å². The van der Waals surface area contributed by atoms with Crippen LogP contribution in [0.1, 0.15) is 12.5 Å². The molecule has 84 valence electrons. The summed E-state index contributed by atoms with van der Waals surface area (Å²) in [4.78, 5) is -0.139. The van der Waals surface area contributed by atoms with Crippen molar-refractivity contribution in [3.8, 4) is 0 Å². The van der Waals surface area contributed by atoms with Crippen molar-refractivity contribution in [2.24, 2.45) is 0 Å². The minimum Gasteiger partial charge on any atom is -0.744 e. The van der Waals surface area contributed by atoms with Gasteiger partial charge in [-0.2, -0.15) is 0 Å². The van der Waals surface area contributed by atoms with Gasteiger partial charge in [-0.15, -0.1) is 0 Å². The summed E-state index contributed by atoms with van der Waals surface area (Å²) in [5, 5.41) is 1.35. The molecule has 0 unspecified atom stereocenters. The molecule has 0 bridgehead atoms. The van der Waals surface area contributed by atoms with Gasteiger partial charge in [0.15, 0.2) is 0 Å². The quantitative estimate of drug-likeness (QED) is 0.750. The lowest BCUT2D eigenvalue weighted by molar-refractivity contribution is 0.464. The van der Waals surface area contributed by atoms with E-state index in [9.17, 15) is 13.0 Å². The number of fused-ring (bicyclic) bond motifs is 1. The number of hydrogen-bond acceptors (Lipinski definition) is 3. The van der Waals surface area contributed by atoms with Crippen molar-refractivity contribution in [3.05, 3.63) is 42.0 Å². The Morgan fingerprint density at radius 1 is 1.06 bits per heavy atom. The van der Waals surface area contributed by atoms with Crippen LogP contribution in [0.2, 0.25) is 0 Å². The van der Waals surface area contributed by atoms with Gasteiger partial charge in [0.2, 0.25) is 0 Å². The maximum Gasteiger partial charge on any atom is 0.125 e. The molecule has 3 nitrogen and oxygen atoms in total. The third kappa shape index (κ3) is 1.81. The van der Waals surface area contributed by atoms with Crippen LogP contribution in [-0.2, 0) is 16.5 Å². The third-order valence-corrected chi connectivity index (χ3v) is 3.52. The van der Waals surface area contributed by atoms with Gasteiger partial charge in [-0.3, -0.25) is 0 Å². The molecule has 0 amide bonds. The molecule has 0 spiro atoms. The molecule has 0 saturated heterocycles. The van der Waals surface area contributed by atoms with Gasteiger partial charge in [0.1, 0.15) is 10.1 Å². The molecule has 0 radical (unpaired) electrons. The maximum atomic E-state index is 11.1. The Bertz CT molecular complexity index is 630. The van der Waals surface area contributed by atoms with Gasteiger partial charge < -0.3 is 4.55 Å². The van der Waals surface area contributed by atoms with Gasteiger partial charge in [0.25, 0.3) is 0 Å². The average Bonchev–Trinajstić information content (AvgIpc) is 2.26. The van der Waals surface area contributed by atoms with Crippen LogP contribution in [0.15, 0.2) is 41.3 Å². The normalized spacial score (nSPS) is 11.9. The van der Waals surface area contributed by atoms with Gasteiger partial charge in [-0.25, -0.2) is 8.42 Å². The second-order valence-corrected chi connectivity index (χ2v) is 4.92. The molecule has 0 fully saturated rings. The van der Waals surface area contributed by atoms with E-state index in [1.165, 1.54) is 6.07 Å². The fourth-order valence-electron chi connectivity index (χ4n) is 1.86. The molecule has 0 atom stereocenters. The summed E-state index contributed by atoms with van der Waals surface area (Å²) in [5.74, 6) is 0. The summed E-state index contributed by atoms with van der Waals surface area (Å²) >= 11 is 0. The standard InChI is InChI=1S/C12H12O3S/c1-2-9-7-8-12(16(13,14)15)11-6-4-3-5-10(9)11/h3-8H,2H2,1H3,(H,13,14,15)/p-1. The average molecular weight is 235 g/mol. The maximum absolute atomic E-state index is 11.1. The molecule has 16 heavy (non-hydrogen) atoms. The molecule has 0 saturated carbocycles. The fraction of sp³-hybridized carbons (Fsp3) is 0.167. The van der Waals surface area contributed by atoms with Crippen LogP contribution in [0.4, 0.5) is 0 Å². The van der Waals surface area contributed by atoms with Crippen molar-refractivity contribution in [3.63, 3.8) is 0 Å². The molecule has 0 N–H and O–H groups in total. The van der Waals surface area contributed by atoms with E-state index in [1.54, 1.807) is 18.2 Å². The van der Waals surface area contributed by atoms with Gasteiger partial charge in [-0.1, -0.05) is 37.3 Å². The predicted octanol–water partition coefficient (Wildman–Crippen LogP) is 2.31. The van der Waals surface area contributed by atoms with Crippen molar-refractivity contribution in [2.75, 3.05) is 0 Å². The van der Waals surface area contributed by atoms with Crippen LogP contribution in [0.5, 0.6) is 0 Å². The van der Waals surface area contributed by atoms with Crippen LogP contribution in [-0.4, -0.2) is 13.0 Å². The van der Waals surface area contributed by atoms with Crippen LogP contribution in [0.25, 0.3) is 10.8 Å². The molecular weight excluding hydrogens is 224 g/mol. The highest BCUT2D eigenvalue weighted by atomic mass is 32.2. The van der Waals surface area contributed by atoms with Crippen LogP contribution in [0, 0.1) is 0 Å². The van der Waals surface area contributed by atoms with E-state index < -0.39 is 10.1 Å². The summed E-state index contributed by atoms with van der Waals surface area (Å²) in [7, 11) is -4.40. The topological polar surface area (TPSA) is 57.2 Å². The van der Waals surface area contributed by atoms with Crippen molar-refractivity contribution >= 4 is 20.9 Å². The number of benzene rings is 2. The number of hydrogen-bond donors (Lipinski definition) is 0. The summed E-state index contributed by atoms with van der Waals surface area (Å²) in [6, 6.07) is 10.2.